The van der Waals surface area contributed by atoms with E-state index >= 15 is 0 Å². The van der Waals surface area contributed by atoms with Gasteiger partial charge in [-0.1, -0.05) is 0 Å². The SMILES string of the molecule is CC(C)S(=O)(=O)N1CCC[C@@H](C(F)(F)F)C1. The van der Waals surface area contributed by atoms with Gasteiger partial charge in [-0.25, -0.2) is 12.7 Å². The lowest BCUT2D eigenvalue weighted by Gasteiger charge is -2.33. The molecular formula is C9H16F3NO2S. The Kier molecular flexibility index (Phi) is 3.89. The Morgan fingerprint density at radius 2 is 1.88 bits per heavy atom. The monoisotopic (exact) mass is 259 g/mol. The average Bonchev–Trinajstić information content (AvgIpc) is 2.16. The van der Waals surface area contributed by atoms with Crippen molar-refractivity contribution < 1.29 is 21.6 Å². The molecule has 0 radical (unpaired) electrons. The summed E-state index contributed by atoms with van der Waals surface area (Å²) in [6.45, 7) is 2.73. The van der Waals surface area contributed by atoms with Crippen molar-refractivity contribution in [1.82, 2.24) is 4.31 Å². The molecule has 0 bridgehead atoms. The molecule has 7 heteroatoms. The molecule has 3 nitrogen and oxygen atoms in total. The molecule has 0 aromatic rings. The van der Waals surface area contributed by atoms with E-state index in [-0.39, 0.29) is 19.4 Å². The van der Waals surface area contributed by atoms with Crippen LogP contribution in [-0.2, 0) is 10.0 Å². The van der Waals surface area contributed by atoms with Gasteiger partial charge in [-0.05, 0) is 26.7 Å². The van der Waals surface area contributed by atoms with Crippen LogP contribution in [-0.4, -0.2) is 37.2 Å². The summed E-state index contributed by atoms with van der Waals surface area (Å²) in [4.78, 5) is 0. The van der Waals surface area contributed by atoms with Gasteiger partial charge >= 0.3 is 6.18 Å². The van der Waals surface area contributed by atoms with Crippen LogP contribution in [0.1, 0.15) is 26.7 Å². The van der Waals surface area contributed by atoms with Gasteiger partial charge in [-0.3, -0.25) is 0 Å². The summed E-state index contributed by atoms with van der Waals surface area (Å²) < 4.78 is 61.9. The van der Waals surface area contributed by atoms with Crippen LogP contribution in [0, 0.1) is 5.92 Å². The Balaban J connectivity index is 2.79. The third kappa shape index (κ3) is 2.88. The fourth-order valence-corrected chi connectivity index (χ4v) is 3.11. The maximum Gasteiger partial charge on any atom is 0.393 e. The molecule has 1 aliphatic heterocycles. The van der Waals surface area contributed by atoms with E-state index < -0.39 is 33.9 Å². The van der Waals surface area contributed by atoms with E-state index in [2.05, 4.69) is 0 Å². The Bertz CT molecular complexity index is 337. The van der Waals surface area contributed by atoms with Crippen molar-refractivity contribution in [2.45, 2.75) is 38.1 Å². The molecule has 0 saturated carbocycles. The van der Waals surface area contributed by atoms with Crippen LogP contribution >= 0.6 is 0 Å². The summed E-state index contributed by atoms with van der Waals surface area (Å²) in [5.41, 5.74) is 0. The first-order chi connectivity index (χ1) is 7.15. The lowest BCUT2D eigenvalue weighted by Crippen LogP contribution is -2.46. The molecular weight excluding hydrogens is 243 g/mol. The second kappa shape index (κ2) is 4.52. The maximum absolute atomic E-state index is 12.5. The van der Waals surface area contributed by atoms with E-state index in [0.717, 1.165) is 4.31 Å². The summed E-state index contributed by atoms with van der Waals surface area (Å²) in [7, 11) is -3.56. The van der Waals surface area contributed by atoms with Crippen molar-refractivity contribution in [1.29, 1.82) is 0 Å². The minimum absolute atomic E-state index is 0.0214. The Morgan fingerprint density at radius 1 is 1.31 bits per heavy atom. The van der Waals surface area contributed by atoms with Gasteiger partial charge in [-0.2, -0.15) is 13.2 Å². The smallest absolute Gasteiger partial charge is 0.212 e. The van der Waals surface area contributed by atoms with Gasteiger partial charge in [-0.15, -0.1) is 0 Å². The van der Waals surface area contributed by atoms with Gasteiger partial charge in [0, 0.05) is 13.1 Å². The second-order valence-electron chi connectivity index (χ2n) is 4.33. The van der Waals surface area contributed by atoms with Crippen LogP contribution in [0.25, 0.3) is 0 Å². The number of hydrogen-bond acceptors (Lipinski definition) is 2. The van der Waals surface area contributed by atoms with Crippen molar-refractivity contribution in [2.75, 3.05) is 13.1 Å². The zero-order chi connectivity index (χ0) is 12.6. The van der Waals surface area contributed by atoms with Crippen LogP contribution in [0.4, 0.5) is 13.2 Å². The standard InChI is InChI=1S/C9H16F3NO2S/c1-7(2)16(14,15)13-5-3-4-8(6-13)9(10,11)12/h7-8H,3-6H2,1-2H3/t8-/m1/s1. The third-order valence-electron chi connectivity index (χ3n) is 2.80. The topological polar surface area (TPSA) is 37.4 Å². The van der Waals surface area contributed by atoms with E-state index in [1.165, 1.54) is 13.8 Å². The molecule has 0 aliphatic carbocycles. The van der Waals surface area contributed by atoms with E-state index in [0.29, 0.717) is 0 Å². The van der Waals surface area contributed by atoms with Gasteiger partial charge < -0.3 is 0 Å². The quantitative estimate of drug-likeness (QED) is 0.760. The highest BCUT2D eigenvalue weighted by atomic mass is 32.2. The largest absolute Gasteiger partial charge is 0.393 e. The molecule has 1 heterocycles. The van der Waals surface area contributed by atoms with Crippen LogP contribution in [0.15, 0.2) is 0 Å². The predicted molar refractivity (Wildman–Crippen MR) is 54.4 cm³/mol. The van der Waals surface area contributed by atoms with Crippen LogP contribution in [0.3, 0.4) is 0 Å². The lowest BCUT2D eigenvalue weighted by molar-refractivity contribution is -0.182. The molecule has 0 spiro atoms. The normalized spacial score (nSPS) is 25.0. The van der Waals surface area contributed by atoms with E-state index in [9.17, 15) is 21.6 Å². The molecule has 1 fully saturated rings. The zero-order valence-corrected chi connectivity index (χ0v) is 10.1. The summed E-state index contributed by atoms with van der Waals surface area (Å²) in [6.07, 6.45) is -4.01. The Morgan fingerprint density at radius 3 is 2.31 bits per heavy atom. The summed E-state index contributed by atoms with van der Waals surface area (Å²) in [5, 5.41) is -0.667. The Labute approximate surface area is 93.7 Å². The van der Waals surface area contributed by atoms with Crippen molar-refractivity contribution in [2.24, 2.45) is 5.92 Å². The number of sulfonamides is 1. The number of hydrogen-bond donors (Lipinski definition) is 0. The first kappa shape index (κ1) is 13.8. The summed E-state index contributed by atoms with van der Waals surface area (Å²) in [5.74, 6) is -1.52. The molecule has 0 aromatic carbocycles. The van der Waals surface area contributed by atoms with Gasteiger partial charge in [0.15, 0.2) is 0 Å². The molecule has 16 heavy (non-hydrogen) atoms. The zero-order valence-electron chi connectivity index (χ0n) is 9.29. The number of rotatable bonds is 2. The Hall–Kier alpha value is -0.300. The molecule has 1 atom stereocenters. The van der Waals surface area contributed by atoms with E-state index in [4.69, 9.17) is 0 Å². The number of nitrogens with zero attached hydrogens (tertiary/aromatic N) is 1. The molecule has 0 unspecified atom stereocenters. The minimum Gasteiger partial charge on any atom is -0.212 e. The lowest BCUT2D eigenvalue weighted by atomic mass is 9.99. The van der Waals surface area contributed by atoms with Crippen molar-refractivity contribution in [3.63, 3.8) is 0 Å². The van der Waals surface area contributed by atoms with Crippen LogP contribution in [0.2, 0.25) is 0 Å². The fourth-order valence-electron chi connectivity index (χ4n) is 1.74. The van der Waals surface area contributed by atoms with Crippen LogP contribution < -0.4 is 0 Å². The third-order valence-corrected chi connectivity index (χ3v) is 5.05. The van der Waals surface area contributed by atoms with E-state index in [1.54, 1.807) is 0 Å². The highest BCUT2D eigenvalue weighted by Gasteiger charge is 2.44. The predicted octanol–water partition coefficient (Wildman–Crippen LogP) is 2.00. The molecule has 0 N–H and O–H groups in total. The highest BCUT2D eigenvalue weighted by molar-refractivity contribution is 7.89. The highest BCUT2D eigenvalue weighted by Crippen LogP contribution is 2.34. The average molecular weight is 259 g/mol. The minimum atomic E-state index is -4.30. The second-order valence-corrected chi connectivity index (χ2v) is 6.82. The maximum atomic E-state index is 12.5. The molecule has 1 aliphatic rings. The molecule has 96 valence electrons. The summed E-state index contributed by atoms with van der Waals surface area (Å²) >= 11 is 0. The fraction of sp³-hybridized carbons (Fsp3) is 1.00. The molecule has 1 saturated heterocycles. The van der Waals surface area contributed by atoms with E-state index in [1.807, 2.05) is 0 Å². The number of alkyl halides is 3. The van der Waals surface area contributed by atoms with Crippen molar-refractivity contribution in [3.05, 3.63) is 0 Å². The van der Waals surface area contributed by atoms with Gasteiger partial charge in [0.2, 0.25) is 10.0 Å². The van der Waals surface area contributed by atoms with Crippen LogP contribution in [0.5, 0.6) is 0 Å². The molecule has 0 amide bonds. The summed E-state index contributed by atoms with van der Waals surface area (Å²) in [6, 6.07) is 0. The first-order valence-corrected chi connectivity index (χ1v) is 6.71. The van der Waals surface area contributed by atoms with Crippen molar-refractivity contribution >= 4 is 10.0 Å². The van der Waals surface area contributed by atoms with Gasteiger partial charge in [0.1, 0.15) is 0 Å². The molecule has 0 aromatic heterocycles. The van der Waals surface area contributed by atoms with Gasteiger partial charge in [0.25, 0.3) is 0 Å². The first-order valence-electron chi connectivity index (χ1n) is 5.21. The molecule has 1 rings (SSSR count). The number of piperidine rings is 1. The number of halogens is 3. The van der Waals surface area contributed by atoms with Crippen molar-refractivity contribution in [3.8, 4) is 0 Å². The van der Waals surface area contributed by atoms with Gasteiger partial charge in [0.05, 0.1) is 11.2 Å².